The van der Waals surface area contributed by atoms with Crippen molar-refractivity contribution >= 4 is 24.6 Å². The summed E-state index contributed by atoms with van der Waals surface area (Å²) in [6.07, 6.45) is 2.82. The molecule has 1 aliphatic heterocycles. The Bertz CT molecular complexity index is 389. The van der Waals surface area contributed by atoms with Crippen LogP contribution in [0.15, 0.2) is 12.3 Å². The normalized spacial score (nSPS) is 15.4. The Hall–Kier alpha value is -1.29. The van der Waals surface area contributed by atoms with E-state index in [9.17, 15) is 4.79 Å². The molecule has 1 amide bonds. The van der Waals surface area contributed by atoms with Gasteiger partial charge < -0.3 is 9.80 Å². The first kappa shape index (κ1) is 13.8. The molecule has 0 N–H and O–H groups in total. The topological polar surface area (TPSA) is 36.4 Å². The number of amides is 1. The molecule has 2 heterocycles. The third-order valence-corrected chi connectivity index (χ3v) is 2.95. The van der Waals surface area contributed by atoms with Gasteiger partial charge in [-0.05, 0) is 25.0 Å². The van der Waals surface area contributed by atoms with Crippen molar-refractivity contribution in [3.05, 3.63) is 23.4 Å². The number of carbonyl (C=O) groups is 1. The molecule has 1 fully saturated rings. The smallest absolute Gasteiger partial charge is 0.209 e. The first-order valence-electron chi connectivity index (χ1n) is 5.58. The van der Waals surface area contributed by atoms with Crippen LogP contribution in [0.3, 0.4) is 0 Å². The van der Waals surface area contributed by atoms with Crippen molar-refractivity contribution in [3.8, 4) is 0 Å². The first-order valence-corrected chi connectivity index (χ1v) is 5.58. The summed E-state index contributed by atoms with van der Waals surface area (Å²) in [4.78, 5) is 19.1. The summed E-state index contributed by atoms with van der Waals surface area (Å²) < 4.78 is 0. The molecule has 0 atom stereocenters. The summed E-state index contributed by atoms with van der Waals surface area (Å²) in [5.74, 6) is 1.05. The van der Waals surface area contributed by atoms with E-state index in [1.165, 1.54) is 11.1 Å². The maximum absolute atomic E-state index is 10.6. The van der Waals surface area contributed by atoms with E-state index in [0.29, 0.717) is 0 Å². The summed E-state index contributed by atoms with van der Waals surface area (Å²) >= 11 is 0. The van der Waals surface area contributed by atoms with E-state index in [4.69, 9.17) is 0 Å². The third kappa shape index (κ3) is 3.09. The Morgan fingerprint density at radius 2 is 1.88 bits per heavy atom. The minimum atomic E-state index is 0. The molecule has 0 bridgehead atoms. The van der Waals surface area contributed by atoms with Gasteiger partial charge in [0.1, 0.15) is 5.82 Å². The molecule has 1 aliphatic rings. The van der Waals surface area contributed by atoms with Gasteiger partial charge in [0.15, 0.2) is 0 Å². The molecule has 5 heteroatoms. The molecule has 1 saturated heterocycles. The fourth-order valence-electron chi connectivity index (χ4n) is 2.08. The molecule has 4 nitrogen and oxygen atoms in total. The van der Waals surface area contributed by atoms with Gasteiger partial charge in [0.25, 0.3) is 0 Å². The highest BCUT2D eigenvalue weighted by molar-refractivity contribution is 5.85. The highest BCUT2D eigenvalue weighted by atomic mass is 35.5. The molecule has 1 aromatic heterocycles. The van der Waals surface area contributed by atoms with Gasteiger partial charge in [0.05, 0.1) is 0 Å². The number of nitrogens with zero attached hydrogens (tertiary/aromatic N) is 3. The van der Waals surface area contributed by atoms with E-state index >= 15 is 0 Å². The van der Waals surface area contributed by atoms with E-state index < -0.39 is 0 Å². The Labute approximate surface area is 108 Å². The van der Waals surface area contributed by atoms with Crippen LogP contribution in [-0.4, -0.2) is 42.5 Å². The van der Waals surface area contributed by atoms with Crippen LogP contribution in [0.1, 0.15) is 11.1 Å². The Kier molecular flexibility index (Phi) is 4.75. The molecule has 0 unspecified atom stereocenters. The fourth-order valence-corrected chi connectivity index (χ4v) is 2.08. The van der Waals surface area contributed by atoms with Gasteiger partial charge in [-0.25, -0.2) is 4.98 Å². The molecule has 2 rings (SSSR count). The van der Waals surface area contributed by atoms with Crippen molar-refractivity contribution in [2.45, 2.75) is 13.8 Å². The summed E-state index contributed by atoms with van der Waals surface area (Å²) in [7, 11) is 0. The Morgan fingerprint density at radius 3 is 2.41 bits per heavy atom. The molecule has 94 valence electrons. The largest absolute Gasteiger partial charge is 0.353 e. The number of rotatable bonds is 2. The highest BCUT2D eigenvalue weighted by Gasteiger charge is 2.17. The average molecular weight is 256 g/mol. The van der Waals surface area contributed by atoms with Gasteiger partial charge in [-0.2, -0.15) is 0 Å². The number of aryl methyl sites for hydroxylation is 2. The molecular weight excluding hydrogens is 238 g/mol. The molecule has 0 aliphatic carbocycles. The lowest BCUT2D eigenvalue weighted by Crippen LogP contribution is -2.46. The maximum Gasteiger partial charge on any atom is 0.209 e. The van der Waals surface area contributed by atoms with Crippen LogP contribution >= 0.6 is 12.4 Å². The number of piperazine rings is 1. The predicted octanol–water partition coefficient (Wildman–Crippen LogP) is 1.40. The molecule has 1 aromatic rings. The minimum Gasteiger partial charge on any atom is -0.353 e. The van der Waals surface area contributed by atoms with Gasteiger partial charge in [-0.1, -0.05) is 6.07 Å². The number of halogens is 1. The number of hydrogen-bond acceptors (Lipinski definition) is 3. The van der Waals surface area contributed by atoms with Crippen molar-refractivity contribution in [2.24, 2.45) is 0 Å². The molecule has 0 radical (unpaired) electrons. The summed E-state index contributed by atoms with van der Waals surface area (Å²) in [5, 5.41) is 0. The Morgan fingerprint density at radius 1 is 1.24 bits per heavy atom. The zero-order chi connectivity index (χ0) is 11.5. The zero-order valence-corrected chi connectivity index (χ0v) is 11.0. The van der Waals surface area contributed by atoms with Crippen LogP contribution in [0, 0.1) is 13.8 Å². The zero-order valence-electron chi connectivity index (χ0n) is 10.2. The van der Waals surface area contributed by atoms with Gasteiger partial charge in [0, 0.05) is 32.4 Å². The molecule has 0 saturated carbocycles. The molecule has 0 spiro atoms. The van der Waals surface area contributed by atoms with E-state index in [1.54, 1.807) is 4.90 Å². The lowest BCUT2D eigenvalue weighted by atomic mass is 10.2. The van der Waals surface area contributed by atoms with Crippen molar-refractivity contribution in [2.75, 3.05) is 31.1 Å². The molecule has 0 aromatic carbocycles. The van der Waals surface area contributed by atoms with E-state index in [-0.39, 0.29) is 12.4 Å². The van der Waals surface area contributed by atoms with Crippen LogP contribution in [0.4, 0.5) is 5.82 Å². The first-order chi connectivity index (χ1) is 7.70. The number of anilines is 1. The van der Waals surface area contributed by atoms with E-state index in [1.807, 2.05) is 13.1 Å². The lowest BCUT2D eigenvalue weighted by Gasteiger charge is -2.34. The second kappa shape index (κ2) is 5.87. The second-order valence-electron chi connectivity index (χ2n) is 4.28. The average Bonchev–Trinajstić information content (AvgIpc) is 2.29. The SMILES string of the molecule is Cc1cnc(N2CCN(C=O)CC2)c(C)c1.Cl. The van der Waals surface area contributed by atoms with Crippen LogP contribution in [0.5, 0.6) is 0 Å². The summed E-state index contributed by atoms with van der Waals surface area (Å²) in [6.45, 7) is 7.46. The predicted molar refractivity (Wildman–Crippen MR) is 70.8 cm³/mol. The molecular formula is C12H18ClN3O. The van der Waals surface area contributed by atoms with Crippen LogP contribution in [0.2, 0.25) is 0 Å². The van der Waals surface area contributed by atoms with Crippen molar-refractivity contribution in [3.63, 3.8) is 0 Å². The van der Waals surface area contributed by atoms with Gasteiger partial charge in [-0.15, -0.1) is 12.4 Å². The summed E-state index contributed by atoms with van der Waals surface area (Å²) in [5.41, 5.74) is 2.40. The maximum atomic E-state index is 10.6. The van der Waals surface area contributed by atoms with Crippen LogP contribution in [-0.2, 0) is 4.79 Å². The van der Waals surface area contributed by atoms with Crippen molar-refractivity contribution < 1.29 is 4.79 Å². The number of carbonyl (C=O) groups excluding carboxylic acids is 1. The summed E-state index contributed by atoms with van der Waals surface area (Å²) in [6, 6.07) is 2.15. The highest BCUT2D eigenvalue weighted by Crippen LogP contribution is 2.18. The van der Waals surface area contributed by atoms with Crippen molar-refractivity contribution in [1.29, 1.82) is 0 Å². The van der Waals surface area contributed by atoms with Crippen molar-refractivity contribution in [1.82, 2.24) is 9.88 Å². The Balaban J connectivity index is 0.00000144. The minimum absolute atomic E-state index is 0. The van der Waals surface area contributed by atoms with E-state index in [2.05, 4.69) is 22.9 Å². The fraction of sp³-hybridized carbons (Fsp3) is 0.500. The second-order valence-corrected chi connectivity index (χ2v) is 4.28. The number of hydrogen-bond donors (Lipinski definition) is 0. The van der Waals surface area contributed by atoms with E-state index in [0.717, 1.165) is 38.4 Å². The quantitative estimate of drug-likeness (QED) is 0.750. The third-order valence-electron chi connectivity index (χ3n) is 2.95. The van der Waals surface area contributed by atoms with Gasteiger partial charge in [-0.3, -0.25) is 4.79 Å². The van der Waals surface area contributed by atoms with Crippen LogP contribution < -0.4 is 4.90 Å². The van der Waals surface area contributed by atoms with Gasteiger partial charge >= 0.3 is 0 Å². The molecule has 17 heavy (non-hydrogen) atoms. The van der Waals surface area contributed by atoms with Gasteiger partial charge in [0.2, 0.25) is 6.41 Å². The monoisotopic (exact) mass is 255 g/mol. The number of aromatic nitrogens is 1. The van der Waals surface area contributed by atoms with Crippen LogP contribution in [0.25, 0.3) is 0 Å². The standard InChI is InChI=1S/C12H17N3O.ClH/c1-10-7-11(2)12(13-8-10)15-5-3-14(9-16)4-6-15;/h7-9H,3-6H2,1-2H3;1H. The lowest BCUT2D eigenvalue weighted by molar-refractivity contribution is -0.118. The number of pyridine rings is 1.